The quantitative estimate of drug-likeness (QED) is 0.326. The highest BCUT2D eigenvalue weighted by atomic mass is 31.2. The average molecular weight is 510 g/mol. The van der Waals surface area contributed by atoms with E-state index in [0.717, 1.165) is 6.54 Å². The third kappa shape index (κ3) is 8.51. The molecule has 0 aliphatic heterocycles. The Morgan fingerprint density at radius 1 is 0.900 bits per heavy atom. The van der Waals surface area contributed by atoms with Crippen molar-refractivity contribution in [1.29, 1.82) is 0 Å². The van der Waals surface area contributed by atoms with Crippen molar-refractivity contribution in [3.8, 4) is 0 Å². The molecule has 0 fully saturated rings. The van der Waals surface area contributed by atoms with E-state index in [1.807, 2.05) is 17.8 Å². The maximum atomic E-state index is 11.5. The molecule has 1 atom stereocenters. The lowest BCUT2D eigenvalue weighted by molar-refractivity contribution is -0.671. The molecule has 1 rings (SSSR count). The molecule has 0 saturated carbocycles. The van der Waals surface area contributed by atoms with Crippen molar-refractivity contribution >= 4 is 15.2 Å². The van der Waals surface area contributed by atoms with Crippen LogP contribution >= 0.6 is 15.2 Å². The number of aryl methyl sites for hydroxylation is 2. The zero-order valence-corrected chi connectivity index (χ0v) is 16.4. The lowest BCUT2D eigenvalue weighted by Gasteiger charge is -2.27. The molecule has 1 aromatic heterocycles. The summed E-state index contributed by atoms with van der Waals surface area (Å²) in [5, 5.41) is 0. The van der Waals surface area contributed by atoms with E-state index < -0.39 is 38.9 Å². The summed E-state index contributed by atoms with van der Waals surface area (Å²) in [5.74, 6) is 0. The van der Waals surface area contributed by atoms with Crippen LogP contribution in [-0.2, 0) is 22.7 Å². The van der Waals surface area contributed by atoms with E-state index in [-0.39, 0.29) is 0 Å². The summed E-state index contributed by atoms with van der Waals surface area (Å²) >= 11 is 0. The van der Waals surface area contributed by atoms with E-state index in [9.17, 15) is 57.9 Å². The number of imidazole rings is 1. The number of halogens is 10. The number of nitrogens with zero attached hydrogens (tertiary/aromatic N) is 2. The van der Waals surface area contributed by atoms with Gasteiger partial charge in [0, 0.05) is 0 Å². The molecule has 0 aromatic carbocycles. The molecule has 0 radical (unpaired) electrons. The molecule has 0 bridgehead atoms. The van der Waals surface area contributed by atoms with E-state index in [2.05, 4.69) is 24.0 Å². The fourth-order valence-corrected chi connectivity index (χ4v) is 1.66. The van der Waals surface area contributed by atoms with E-state index in [4.69, 9.17) is 14.7 Å². The SMILES string of the molecule is CCn1cc[n+](C)c1.O=P(O)(O)C(F)(F)C(F)(F)F.O=P([O-])(O)C(F)(F)C(F)(F)F. The van der Waals surface area contributed by atoms with E-state index in [0.29, 0.717) is 0 Å². The Kier molecular flexibility index (Phi) is 10.3. The highest BCUT2D eigenvalue weighted by Gasteiger charge is 2.69. The first-order valence-electron chi connectivity index (χ1n) is 6.82. The van der Waals surface area contributed by atoms with Crippen LogP contribution in [0.15, 0.2) is 18.7 Å². The van der Waals surface area contributed by atoms with Gasteiger partial charge in [-0.1, -0.05) is 0 Å². The number of rotatable bonds is 3. The van der Waals surface area contributed by atoms with Gasteiger partial charge >= 0.3 is 31.3 Å². The fourth-order valence-electron chi connectivity index (χ4n) is 1.01. The van der Waals surface area contributed by atoms with Crippen LogP contribution in [0.3, 0.4) is 0 Å². The Labute approximate surface area is 161 Å². The Morgan fingerprint density at radius 3 is 1.33 bits per heavy atom. The third-order valence-electron chi connectivity index (χ3n) is 2.59. The molecule has 180 valence electrons. The minimum Gasteiger partial charge on any atom is -0.774 e. The van der Waals surface area contributed by atoms with Crippen molar-refractivity contribution in [3.63, 3.8) is 0 Å². The normalized spacial score (nSPS) is 15.3. The molecule has 0 spiro atoms. The standard InChI is InChI=1S/C6H11N2.2C2H2F5O3P/c1-3-8-5-4-7(2)6-8;2*3-1(4,5)2(6,7)11(8,9)10/h4-6H,3H2,1-2H3;2*(H2,8,9,10)/q+1;;/p-1. The number of alkyl halides is 10. The van der Waals surface area contributed by atoms with Crippen LogP contribution in [0, 0.1) is 0 Å². The van der Waals surface area contributed by atoms with Crippen molar-refractivity contribution in [2.45, 2.75) is 37.1 Å². The summed E-state index contributed by atoms with van der Waals surface area (Å²) in [6, 6.07) is 0. The van der Waals surface area contributed by atoms with Gasteiger partial charge in [-0.25, -0.2) is 9.13 Å². The Bertz CT molecular complexity index is 722. The number of hydrogen-bond donors (Lipinski definition) is 3. The second-order valence-corrected chi connectivity index (χ2v) is 8.30. The van der Waals surface area contributed by atoms with Gasteiger partial charge in [0.05, 0.1) is 13.6 Å². The van der Waals surface area contributed by atoms with E-state index in [1.54, 1.807) is 0 Å². The van der Waals surface area contributed by atoms with Crippen LogP contribution in [0.2, 0.25) is 0 Å². The molecule has 0 saturated heterocycles. The van der Waals surface area contributed by atoms with Crippen LogP contribution in [0.25, 0.3) is 0 Å². The van der Waals surface area contributed by atoms with Crippen LogP contribution in [0.4, 0.5) is 43.9 Å². The molecule has 0 aliphatic carbocycles. The summed E-state index contributed by atoms with van der Waals surface area (Å²) in [4.78, 5) is 31.9. The molecule has 3 N–H and O–H groups in total. The highest BCUT2D eigenvalue weighted by molar-refractivity contribution is 7.53. The summed E-state index contributed by atoms with van der Waals surface area (Å²) < 4.78 is 136. The Balaban J connectivity index is 0. The molecule has 0 amide bonds. The summed E-state index contributed by atoms with van der Waals surface area (Å²) in [6.45, 7) is 3.18. The van der Waals surface area contributed by atoms with Crippen LogP contribution < -0.4 is 9.46 Å². The zero-order chi connectivity index (χ0) is 25.0. The van der Waals surface area contributed by atoms with E-state index >= 15 is 0 Å². The van der Waals surface area contributed by atoms with Gasteiger partial charge in [0.2, 0.25) is 13.9 Å². The van der Waals surface area contributed by atoms with Crippen molar-refractivity contribution in [2.24, 2.45) is 7.05 Å². The second-order valence-electron chi connectivity index (χ2n) is 5.05. The Morgan fingerprint density at radius 2 is 1.27 bits per heavy atom. The van der Waals surface area contributed by atoms with Crippen molar-refractivity contribution < 1.29 is 77.2 Å². The topological polar surface area (TPSA) is 127 Å². The second kappa shape index (κ2) is 9.96. The summed E-state index contributed by atoms with van der Waals surface area (Å²) in [5.41, 5.74) is -12.0. The monoisotopic (exact) mass is 510 g/mol. The molecular formula is C10H14F10N2O6P2. The first-order valence-corrected chi connectivity index (χ1v) is 10.0. The van der Waals surface area contributed by atoms with Gasteiger partial charge in [-0.15, -0.1) is 0 Å². The third-order valence-corrected chi connectivity index (χ3v) is 4.54. The lowest BCUT2D eigenvalue weighted by Crippen LogP contribution is -2.39. The molecule has 1 heterocycles. The maximum Gasteiger partial charge on any atom is 0.466 e. The minimum atomic E-state index is -6.70. The highest BCUT2D eigenvalue weighted by Crippen LogP contribution is 2.60. The van der Waals surface area contributed by atoms with Crippen LogP contribution in [0.1, 0.15) is 6.92 Å². The van der Waals surface area contributed by atoms with Crippen LogP contribution in [-0.4, -0.2) is 42.9 Å². The van der Waals surface area contributed by atoms with Crippen LogP contribution in [0.5, 0.6) is 0 Å². The zero-order valence-electron chi connectivity index (χ0n) is 14.6. The molecule has 1 aromatic rings. The molecule has 1 unspecified atom stereocenters. The molecule has 8 nitrogen and oxygen atoms in total. The van der Waals surface area contributed by atoms with E-state index in [1.165, 1.54) is 0 Å². The number of aromatic nitrogens is 2. The molecule has 0 aliphatic rings. The van der Waals surface area contributed by atoms with Gasteiger partial charge in [0.25, 0.3) is 0 Å². The molecule has 20 heteroatoms. The number of hydrogen-bond acceptors (Lipinski definition) is 3. The minimum absolute atomic E-state index is 1.06. The van der Waals surface area contributed by atoms with Crippen molar-refractivity contribution in [2.75, 3.05) is 0 Å². The van der Waals surface area contributed by atoms with Gasteiger partial charge in [-0.2, -0.15) is 43.9 Å². The van der Waals surface area contributed by atoms with Gasteiger partial charge in [0.15, 0.2) is 0 Å². The first-order chi connectivity index (χ1) is 12.8. The lowest BCUT2D eigenvalue weighted by atomic mass is 10.7. The predicted octanol–water partition coefficient (Wildman–Crippen LogP) is 2.34. The van der Waals surface area contributed by atoms with Gasteiger partial charge < -0.3 is 24.1 Å². The Hall–Kier alpha value is -1.19. The van der Waals surface area contributed by atoms with Gasteiger partial charge in [-0.05, 0) is 6.92 Å². The largest absolute Gasteiger partial charge is 0.774 e. The maximum absolute atomic E-state index is 11.5. The van der Waals surface area contributed by atoms with Gasteiger partial charge in [-0.3, -0.25) is 4.57 Å². The van der Waals surface area contributed by atoms with Crippen molar-refractivity contribution in [3.05, 3.63) is 18.7 Å². The first kappa shape index (κ1) is 31.0. The summed E-state index contributed by atoms with van der Waals surface area (Å²) in [6.07, 6.45) is -6.35. The molecular weight excluding hydrogens is 496 g/mol. The summed E-state index contributed by atoms with van der Waals surface area (Å²) in [7, 11) is -11.1. The predicted molar refractivity (Wildman–Crippen MR) is 75.2 cm³/mol. The fraction of sp³-hybridized carbons (Fsp3) is 0.700. The smallest absolute Gasteiger partial charge is 0.466 e. The van der Waals surface area contributed by atoms with Crippen molar-refractivity contribution in [1.82, 2.24) is 4.57 Å². The average Bonchev–Trinajstić information content (AvgIpc) is 2.90. The van der Waals surface area contributed by atoms with Gasteiger partial charge in [0.1, 0.15) is 12.4 Å². The molecule has 30 heavy (non-hydrogen) atoms.